The Balaban J connectivity index is 1.85. The van der Waals surface area contributed by atoms with E-state index in [0.717, 1.165) is 5.56 Å². The lowest BCUT2D eigenvalue weighted by Gasteiger charge is -2.20. The second-order valence-electron chi connectivity index (χ2n) is 6.31. The number of benzene rings is 2. The maximum absolute atomic E-state index is 13.8. The average molecular weight is 383 g/mol. The van der Waals surface area contributed by atoms with Gasteiger partial charge in [0.1, 0.15) is 29.2 Å². The summed E-state index contributed by atoms with van der Waals surface area (Å²) in [7, 11) is 4.94. The Morgan fingerprint density at radius 3 is 2.68 bits per heavy atom. The van der Waals surface area contributed by atoms with Crippen LogP contribution in [0.3, 0.4) is 0 Å². The minimum Gasteiger partial charge on any atom is -0.497 e. The number of hydrogen-bond acceptors (Lipinski definition) is 4. The molecule has 1 aromatic heterocycles. The predicted molar refractivity (Wildman–Crippen MR) is 103 cm³/mol. The first kappa shape index (κ1) is 19.4. The highest BCUT2D eigenvalue weighted by molar-refractivity contribution is 5.80. The summed E-state index contributed by atoms with van der Waals surface area (Å²) in [6.07, 6.45) is 3.52. The summed E-state index contributed by atoms with van der Waals surface area (Å²) >= 11 is 0. The maximum Gasteiger partial charge on any atom is 0.225 e. The Kier molecular flexibility index (Phi) is 5.93. The number of aryl methyl sites for hydroxylation is 1. The van der Waals surface area contributed by atoms with Gasteiger partial charge in [0.15, 0.2) is 0 Å². The number of carbonyl (C=O) groups excluding carboxylic acids is 1. The van der Waals surface area contributed by atoms with Gasteiger partial charge < -0.3 is 19.4 Å². The molecular weight excluding hydrogens is 361 g/mol. The highest BCUT2D eigenvalue weighted by atomic mass is 19.1. The fraction of sp³-hybridized carbons (Fsp3) is 0.238. The van der Waals surface area contributed by atoms with E-state index < -0.39 is 6.04 Å². The Hall–Kier alpha value is -3.35. The van der Waals surface area contributed by atoms with E-state index in [-0.39, 0.29) is 18.1 Å². The molecule has 3 aromatic rings. The van der Waals surface area contributed by atoms with Gasteiger partial charge in [0.25, 0.3) is 0 Å². The standard InChI is InChI=1S/C21H22FN3O3/c1-25-10-9-23-21(25)20(15-5-4-6-16(22)11-15)24-19(26)12-14-7-8-17(27-2)13-18(14)28-3/h4-11,13,20H,12H2,1-3H3,(H,24,26). The van der Waals surface area contributed by atoms with E-state index in [1.54, 1.807) is 61.5 Å². The van der Waals surface area contributed by atoms with E-state index >= 15 is 0 Å². The largest absolute Gasteiger partial charge is 0.497 e. The van der Waals surface area contributed by atoms with Crippen LogP contribution in [0.2, 0.25) is 0 Å². The third kappa shape index (κ3) is 4.31. The van der Waals surface area contributed by atoms with Crippen LogP contribution in [0.4, 0.5) is 4.39 Å². The van der Waals surface area contributed by atoms with E-state index in [1.165, 1.54) is 12.1 Å². The molecule has 1 heterocycles. The Morgan fingerprint density at radius 2 is 2.04 bits per heavy atom. The second kappa shape index (κ2) is 8.56. The van der Waals surface area contributed by atoms with E-state index in [4.69, 9.17) is 9.47 Å². The minimum atomic E-state index is -0.576. The normalized spacial score (nSPS) is 11.7. The molecule has 3 rings (SSSR count). The molecule has 2 aromatic carbocycles. The van der Waals surface area contributed by atoms with Crippen LogP contribution < -0.4 is 14.8 Å². The minimum absolute atomic E-state index is 0.101. The summed E-state index contributed by atoms with van der Waals surface area (Å²) < 4.78 is 26.1. The van der Waals surface area contributed by atoms with Gasteiger partial charge in [-0.2, -0.15) is 0 Å². The molecular formula is C21H22FN3O3. The molecule has 7 heteroatoms. The van der Waals surface area contributed by atoms with Crippen LogP contribution in [0.5, 0.6) is 11.5 Å². The lowest BCUT2D eigenvalue weighted by Crippen LogP contribution is -2.32. The fourth-order valence-corrected chi connectivity index (χ4v) is 3.02. The number of halogens is 1. The number of hydrogen-bond donors (Lipinski definition) is 1. The fourth-order valence-electron chi connectivity index (χ4n) is 3.02. The number of ether oxygens (including phenoxy) is 2. The van der Waals surface area contributed by atoms with Crippen LogP contribution in [0.15, 0.2) is 54.9 Å². The van der Waals surface area contributed by atoms with Crippen molar-refractivity contribution in [2.75, 3.05) is 14.2 Å². The van der Waals surface area contributed by atoms with Crippen LogP contribution in [0.25, 0.3) is 0 Å². The molecule has 0 bridgehead atoms. The van der Waals surface area contributed by atoms with Gasteiger partial charge in [0.05, 0.1) is 20.6 Å². The number of nitrogens with zero attached hydrogens (tertiary/aromatic N) is 2. The van der Waals surface area contributed by atoms with E-state index in [9.17, 15) is 9.18 Å². The molecule has 0 saturated heterocycles. The third-order valence-electron chi connectivity index (χ3n) is 4.45. The average Bonchev–Trinajstić information content (AvgIpc) is 3.12. The van der Waals surface area contributed by atoms with Gasteiger partial charge in [-0.05, 0) is 23.8 Å². The summed E-state index contributed by atoms with van der Waals surface area (Å²) in [4.78, 5) is 17.1. The van der Waals surface area contributed by atoms with Crippen molar-refractivity contribution in [1.29, 1.82) is 0 Å². The van der Waals surface area contributed by atoms with E-state index in [1.807, 2.05) is 7.05 Å². The number of rotatable bonds is 7. The zero-order valence-corrected chi connectivity index (χ0v) is 16.0. The summed E-state index contributed by atoms with van der Waals surface area (Å²) in [6, 6.07) is 10.8. The Morgan fingerprint density at radius 1 is 1.21 bits per heavy atom. The van der Waals surface area contributed by atoms with Crippen molar-refractivity contribution >= 4 is 5.91 Å². The van der Waals surface area contributed by atoms with Crippen LogP contribution in [-0.4, -0.2) is 29.7 Å². The van der Waals surface area contributed by atoms with Gasteiger partial charge in [0, 0.05) is 31.1 Å². The number of amides is 1. The van der Waals surface area contributed by atoms with Crippen molar-refractivity contribution in [2.45, 2.75) is 12.5 Å². The van der Waals surface area contributed by atoms with Crippen LogP contribution in [0.1, 0.15) is 23.0 Å². The maximum atomic E-state index is 13.8. The summed E-state index contributed by atoms with van der Waals surface area (Å²) in [5.74, 6) is 1.21. The smallest absolute Gasteiger partial charge is 0.225 e. The van der Waals surface area contributed by atoms with Gasteiger partial charge in [-0.15, -0.1) is 0 Å². The molecule has 1 amide bonds. The van der Waals surface area contributed by atoms with E-state index in [2.05, 4.69) is 10.3 Å². The zero-order valence-electron chi connectivity index (χ0n) is 16.0. The molecule has 1 N–H and O–H groups in total. The summed E-state index contributed by atoms with van der Waals surface area (Å²) in [6.45, 7) is 0. The van der Waals surface area contributed by atoms with Crippen LogP contribution in [0, 0.1) is 5.82 Å². The molecule has 0 aliphatic heterocycles. The summed E-state index contributed by atoms with van der Waals surface area (Å²) in [5.41, 5.74) is 1.34. The first-order valence-electron chi connectivity index (χ1n) is 8.74. The molecule has 146 valence electrons. The van der Waals surface area contributed by atoms with Crippen LogP contribution >= 0.6 is 0 Å². The SMILES string of the molecule is COc1ccc(CC(=O)NC(c2cccc(F)c2)c2nccn2C)c(OC)c1. The number of aromatic nitrogens is 2. The van der Waals surface area contributed by atoms with Gasteiger partial charge in [0.2, 0.25) is 5.91 Å². The number of carbonyl (C=O) groups is 1. The molecule has 0 fully saturated rings. The second-order valence-corrected chi connectivity index (χ2v) is 6.31. The topological polar surface area (TPSA) is 65.4 Å². The molecule has 1 unspecified atom stereocenters. The quantitative estimate of drug-likeness (QED) is 0.681. The first-order valence-corrected chi connectivity index (χ1v) is 8.74. The molecule has 0 aliphatic carbocycles. The molecule has 6 nitrogen and oxygen atoms in total. The molecule has 0 radical (unpaired) electrons. The monoisotopic (exact) mass is 383 g/mol. The van der Waals surface area contributed by atoms with Crippen molar-refractivity contribution < 1.29 is 18.7 Å². The van der Waals surface area contributed by atoms with Crippen molar-refractivity contribution in [3.05, 3.63) is 77.6 Å². The predicted octanol–water partition coefficient (Wildman–Crippen LogP) is 3.02. The summed E-state index contributed by atoms with van der Waals surface area (Å²) in [5, 5.41) is 2.96. The van der Waals surface area contributed by atoms with Crippen molar-refractivity contribution in [3.63, 3.8) is 0 Å². The third-order valence-corrected chi connectivity index (χ3v) is 4.45. The molecule has 0 spiro atoms. The van der Waals surface area contributed by atoms with E-state index in [0.29, 0.717) is 22.9 Å². The lowest BCUT2D eigenvalue weighted by molar-refractivity contribution is -0.121. The highest BCUT2D eigenvalue weighted by Gasteiger charge is 2.22. The number of nitrogens with one attached hydrogen (secondary N) is 1. The molecule has 1 atom stereocenters. The van der Waals surface area contributed by atoms with Crippen LogP contribution in [-0.2, 0) is 18.3 Å². The van der Waals surface area contributed by atoms with Gasteiger partial charge in [-0.1, -0.05) is 18.2 Å². The molecule has 0 aliphatic rings. The first-order chi connectivity index (χ1) is 13.5. The van der Waals surface area contributed by atoms with Crippen molar-refractivity contribution in [2.24, 2.45) is 7.05 Å². The highest BCUT2D eigenvalue weighted by Crippen LogP contribution is 2.26. The molecule has 0 saturated carbocycles. The number of imidazole rings is 1. The van der Waals surface area contributed by atoms with Gasteiger partial charge in [-0.25, -0.2) is 9.37 Å². The van der Waals surface area contributed by atoms with Crippen molar-refractivity contribution in [1.82, 2.24) is 14.9 Å². The van der Waals surface area contributed by atoms with Gasteiger partial charge >= 0.3 is 0 Å². The lowest BCUT2D eigenvalue weighted by atomic mass is 10.0. The Bertz CT molecular complexity index is 971. The molecule has 28 heavy (non-hydrogen) atoms. The Labute approximate surface area is 162 Å². The van der Waals surface area contributed by atoms with Crippen molar-refractivity contribution in [3.8, 4) is 11.5 Å². The van der Waals surface area contributed by atoms with Gasteiger partial charge in [-0.3, -0.25) is 4.79 Å². The zero-order chi connectivity index (χ0) is 20.1. The number of methoxy groups -OCH3 is 2.